The molecule has 2 aromatic rings. The van der Waals surface area contributed by atoms with Gasteiger partial charge in [0.15, 0.2) is 0 Å². The number of nitrogens with zero attached hydrogens (tertiary/aromatic N) is 3. The maximum atomic E-state index is 12.9. The zero-order valence-corrected chi connectivity index (χ0v) is 15.3. The van der Waals surface area contributed by atoms with Crippen molar-refractivity contribution in [1.29, 1.82) is 0 Å². The van der Waals surface area contributed by atoms with Gasteiger partial charge >= 0.3 is 0 Å². The van der Waals surface area contributed by atoms with E-state index >= 15 is 0 Å². The monoisotopic (exact) mass is 365 g/mol. The number of carbonyl (C=O) groups is 1. The molecule has 2 heterocycles. The second kappa shape index (κ2) is 7.58. The van der Waals surface area contributed by atoms with Crippen LogP contribution in [0.1, 0.15) is 47.3 Å². The Bertz CT molecular complexity index is 734. The number of carbonyl (C=O) groups excluding carboxylic acids is 1. The van der Waals surface area contributed by atoms with Crippen molar-refractivity contribution < 1.29 is 4.79 Å². The van der Waals surface area contributed by atoms with Crippen LogP contribution >= 0.6 is 23.2 Å². The van der Waals surface area contributed by atoms with Crippen LogP contribution in [0.4, 0.5) is 0 Å². The van der Waals surface area contributed by atoms with E-state index in [1.54, 1.807) is 4.68 Å². The number of rotatable bonds is 3. The molecule has 0 unspecified atom stereocenters. The number of hydrogen-bond donors (Lipinski definition) is 0. The van der Waals surface area contributed by atoms with Gasteiger partial charge in [0.05, 0.1) is 17.8 Å². The molecule has 24 heavy (non-hydrogen) atoms. The number of amides is 1. The maximum absolute atomic E-state index is 12.9. The number of likely N-dealkylation sites (tertiary alicyclic amines) is 1. The lowest BCUT2D eigenvalue weighted by Gasteiger charge is -2.20. The lowest BCUT2D eigenvalue weighted by molar-refractivity contribution is 0.0761. The average molecular weight is 366 g/mol. The minimum atomic E-state index is -0.00944. The van der Waals surface area contributed by atoms with Crippen LogP contribution in [-0.4, -0.2) is 33.7 Å². The minimum absolute atomic E-state index is 0.00944. The predicted molar refractivity (Wildman–Crippen MR) is 96.9 cm³/mol. The number of halogens is 2. The molecule has 4 nitrogen and oxygen atoms in total. The van der Waals surface area contributed by atoms with Gasteiger partial charge in [0.2, 0.25) is 0 Å². The number of aromatic nitrogens is 2. The molecule has 1 fully saturated rings. The Morgan fingerprint density at radius 3 is 2.46 bits per heavy atom. The average Bonchev–Trinajstić information content (AvgIpc) is 2.75. The van der Waals surface area contributed by atoms with E-state index in [2.05, 4.69) is 5.10 Å². The van der Waals surface area contributed by atoms with E-state index in [1.165, 1.54) is 12.8 Å². The van der Waals surface area contributed by atoms with E-state index in [9.17, 15) is 4.79 Å². The molecule has 0 radical (unpaired) electrons. The normalized spacial score (nSPS) is 15.4. The Morgan fingerprint density at radius 2 is 1.79 bits per heavy atom. The Labute approximate surface area is 152 Å². The van der Waals surface area contributed by atoms with Crippen molar-refractivity contribution in [3.63, 3.8) is 0 Å². The predicted octanol–water partition coefficient (Wildman–Crippen LogP) is 4.56. The minimum Gasteiger partial charge on any atom is -0.338 e. The van der Waals surface area contributed by atoms with Gasteiger partial charge in [-0.25, -0.2) is 4.68 Å². The highest BCUT2D eigenvalue weighted by atomic mass is 35.5. The zero-order valence-electron chi connectivity index (χ0n) is 13.8. The highest BCUT2D eigenvalue weighted by molar-refractivity contribution is 6.33. The van der Waals surface area contributed by atoms with Crippen LogP contribution < -0.4 is 0 Å². The van der Waals surface area contributed by atoms with Crippen molar-refractivity contribution in [3.8, 4) is 0 Å². The molecule has 1 aromatic carbocycles. The van der Waals surface area contributed by atoms with Crippen molar-refractivity contribution in [2.75, 3.05) is 13.1 Å². The van der Waals surface area contributed by atoms with Crippen molar-refractivity contribution in [1.82, 2.24) is 14.7 Å². The van der Waals surface area contributed by atoms with Gasteiger partial charge in [-0.2, -0.15) is 5.10 Å². The standard InChI is InChI=1S/C18H21Cl2N3O/c1-13-16(18(24)22-10-6-2-3-7-11-22)17(20)23(21-13)12-14-8-4-5-9-15(14)19/h4-5,8-9H,2-3,6-7,10-12H2,1H3. The first-order valence-electron chi connectivity index (χ1n) is 8.33. The molecule has 3 rings (SSSR count). The summed E-state index contributed by atoms with van der Waals surface area (Å²) in [6.07, 6.45) is 4.47. The van der Waals surface area contributed by atoms with Gasteiger partial charge in [0, 0.05) is 18.1 Å². The molecular formula is C18H21Cl2N3O. The molecule has 0 atom stereocenters. The molecule has 1 amide bonds. The fourth-order valence-corrected chi connectivity index (χ4v) is 3.63. The van der Waals surface area contributed by atoms with Crippen LogP contribution in [0.5, 0.6) is 0 Å². The molecule has 0 bridgehead atoms. The van der Waals surface area contributed by atoms with E-state index < -0.39 is 0 Å². The topological polar surface area (TPSA) is 38.1 Å². The highest BCUT2D eigenvalue weighted by Gasteiger charge is 2.25. The molecular weight excluding hydrogens is 345 g/mol. The summed E-state index contributed by atoms with van der Waals surface area (Å²) in [6.45, 7) is 3.88. The molecule has 128 valence electrons. The van der Waals surface area contributed by atoms with Crippen LogP contribution in [-0.2, 0) is 6.54 Å². The first-order valence-corrected chi connectivity index (χ1v) is 9.09. The first-order chi connectivity index (χ1) is 11.6. The van der Waals surface area contributed by atoms with Gasteiger partial charge < -0.3 is 4.90 Å². The molecule has 1 saturated heterocycles. The summed E-state index contributed by atoms with van der Waals surface area (Å²) in [4.78, 5) is 14.8. The molecule has 1 aliphatic rings. The lowest BCUT2D eigenvalue weighted by atomic mass is 10.2. The number of benzene rings is 1. The van der Waals surface area contributed by atoms with Crippen molar-refractivity contribution >= 4 is 29.1 Å². The molecule has 1 aliphatic heterocycles. The molecule has 0 aliphatic carbocycles. The largest absolute Gasteiger partial charge is 0.338 e. The number of hydrogen-bond acceptors (Lipinski definition) is 2. The summed E-state index contributed by atoms with van der Waals surface area (Å²) in [7, 11) is 0. The Balaban J connectivity index is 1.86. The van der Waals surface area contributed by atoms with E-state index in [-0.39, 0.29) is 5.91 Å². The van der Waals surface area contributed by atoms with E-state index in [4.69, 9.17) is 23.2 Å². The quantitative estimate of drug-likeness (QED) is 0.799. The van der Waals surface area contributed by atoms with Gasteiger partial charge in [-0.3, -0.25) is 4.79 Å². The first kappa shape index (κ1) is 17.3. The Kier molecular flexibility index (Phi) is 5.47. The Morgan fingerprint density at radius 1 is 1.12 bits per heavy atom. The van der Waals surface area contributed by atoms with Crippen LogP contribution in [0.15, 0.2) is 24.3 Å². The fourth-order valence-electron chi connectivity index (χ4n) is 3.12. The van der Waals surface area contributed by atoms with Gasteiger partial charge in [-0.1, -0.05) is 54.2 Å². The van der Waals surface area contributed by atoms with Gasteiger partial charge in [-0.05, 0) is 31.4 Å². The van der Waals surface area contributed by atoms with E-state index in [0.717, 1.165) is 31.5 Å². The van der Waals surface area contributed by atoms with Crippen molar-refractivity contribution in [2.45, 2.75) is 39.2 Å². The molecule has 0 spiro atoms. The SMILES string of the molecule is Cc1nn(Cc2ccccc2Cl)c(Cl)c1C(=O)N1CCCCCC1. The summed E-state index contributed by atoms with van der Waals surface area (Å²) in [5.74, 6) is -0.00944. The van der Waals surface area contributed by atoms with Crippen LogP contribution in [0, 0.1) is 6.92 Å². The summed E-state index contributed by atoms with van der Waals surface area (Å²) in [5, 5.41) is 5.52. The van der Waals surface area contributed by atoms with Gasteiger partial charge in [-0.15, -0.1) is 0 Å². The maximum Gasteiger partial charge on any atom is 0.258 e. The van der Waals surface area contributed by atoms with Crippen molar-refractivity contribution in [2.24, 2.45) is 0 Å². The van der Waals surface area contributed by atoms with Crippen LogP contribution in [0.3, 0.4) is 0 Å². The molecule has 1 aromatic heterocycles. The van der Waals surface area contributed by atoms with Crippen LogP contribution in [0.25, 0.3) is 0 Å². The van der Waals surface area contributed by atoms with Gasteiger partial charge in [0.25, 0.3) is 5.91 Å². The second-order valence-corrected chi connectivity index (χ2v) is 6.97. The van der Waals surface area contributed by atoms with Crippen LogP contribution in [0.2, 0.25) is 10.2 Å². The fraction of sp³-hybridized carbons (Fsp3) is 0.444. The van der Waals surface area contributed by atoms with Gasteiger partial charge in [0.1, 0.15) is 5.15 Å². The van der Waals surface area contributed by atoms with E-state index in [0.29, 0.717) is 28.0 Å². The second-order valence-electron chi connectivity index (χ2n) is 6.21. The van der Waals surface area contributed by atoms with Crippen molar-refractivity contribution in [3.05, 3.63) is 51.3 Å². The Hall–Kier alpha value is -1.52. The molecule has 0 saturated carbocycles. The highest BCUT2D eigenvalue weighted by Crippen LogP contribution is 2.25. The third-order valence-electron chi connectivity index (χ3n) is 4.45. The smallest absolute Gasteiger partial charge is 0.258 e. The summed E-state index contributed by atoms with van der Waals surface area (Å²) in [6, 6.07) is 7.58. The summed E-state index contributed by atoms with van der Waals surface area (Å²) >= 11 is 12.7. The summed E-state index contributed by atoms with van der Waals surface area (Å²) in [5.41, 5.74) is 2.12. The zero-order chi connectivity index (χ0) is 17.1. The third-order valence-corrected chi connectivity index (χ3v) is 5.20. The molecule has 6 heteroatoms. The third kappa shape index (κ3) is 3.60. The van der Waals surface area contributed by atoms with E-state index in [1.807, 2.05) is 36.1 Å². The number of aryl methyl sites for hydroxylation is 1. The molecule has 0 N–H and O–H groups in total. The lowest BCUT2D eigenvalue weighted by Crippen LogP contribution is -2.32. The summed E-state index contributed by atoms with van der Waals surface area (Å²) < 4.78 is 1.66.